The molecule has 1 N–H and O–H groups in total. The van der Waals surface area contributed by atoms with E-state index in [0.29, 0.717) is 26.2 Å². The number of pyridine rings is 1. The Bertz CT molecular complexity index is 772. The van der Waals surface area contributed by atoms with Gasteiger partial charge in [-0.2, -0.15) is 13.2 Å². The summed E-state index contributed by atoms with van der Waals surface area (Å²) in [5, 5.41) is 2.56. The number of piperazine rings is 1. The van der Waals surface area contributed by atoms with Crippen LogP contribution in [0.3, 0.4) is 0 Å². The molecule has 3 rings (SSSR count). The van der Waals surface area contributed by atoms with Gasteiger partial charge < -0.3 is 15.1 Å². The summed E-state index contributed by atoms with van der Waals surface area (Å²) < 4.78 is 39.0. The second kappa shape index (κ2) is 7.23. The number of hydrogen-bond acceptors (Lipinski definition) is 3. The quantitative estimate of drug-likeness (QED) is 0.883. The number of aromatic nitrogens is 1. The average molecular weight is 364 g/mol. The minimum Gasteiger partial charge on any atom is -0.368 e. The molecule has 5 nitrogen and oxygen atoms in total. The summed E-state index contributed by atoms with van der Waals surface area (Å²) >= 11 is 0. The summed E-state index contributed by atoms with van der Waals surface area (Å²) in [6.45, 7) is 3.68. The third-order valence-electron chi connectivity index (χ3n) is 4.39. The van der Waals surface area contributed by atoms with Crippen LogP contribution in [0.1, 0.15) is 11.1 Å². The van der Waals surface area contributed by atoms with E-state index in [-0.39, 0.29) is 11.3 Å². The van der Waals surface area contributed by atoms with Gasteiger partial charge in [-0.05, 0) is 36.8 Å². The second-order valence-electron chi connectivity index (χ2n) is 6.14. The normalized spacial score (nSPS) is 15.1. The summed E-state index contributed by atoms with van der Waals surface area (Å²) in [5.41, 5.74) is 0.567. The van der Waals surface area contributed by atoms with Gasteiger partial charge in [-0.15, -0.1) is 0 Å². The van der Waals surface area contributed by atoms with Crippen LogP contribution in [0.2, 0.25) is 0 Å². The predicted molar refractivity (Wildman–Crippen MR) is 93.2 cm³/mol. The van der Waals surface area contributed by atoms with Crippen molar-refractivity contribution in [3.8, 4) is 0 Å². The van der Waals surface area contributed by atoms with E-state index in [9.17, 15) is 18.0 Å². The number of anilines is 2. The Balaban J connectivity index is 1.61. The number of urea groups is 1. The van der Waals surface area contributed by atoms with Gasteiger partial charge in [0.2, 0.25) is 0 Å². The lowest BCUT2D eigenvalue weighted by Gasteiger charge is -2.36. The molecule has 1 aromatic carbocycles. The molecule has 26 heavy (non-hydrogen) atoms. The number of carbonyl (C=O) groups excluding carboxylic acids is 1. The number of amides is 2. The van der Waals surface area contributed by atoms with Crippen LogP contribution < -0.4 is 10.2 Å². The first-order chi connectivity index (χ1) is 12.3. The Kier molecular flexibility index (Phi) is 5.01. The van der Waals surface area contributed by atoms with Crippen molar-refractivity contribution in [1.29, 1.82) is 0 Å². The van der Waals surface area contributed by atoms with Gasteiger partial charge in [0.05, 0.1) is 5.56 Å². The van der Waals surface area contributed by atoms with Gasteiger partial charge in [-0.1, -0.05) is 6.07 Å². The number of hydrogen-bond donors (Lipinski definition) is 1. The molecule has 0 unspecified atom stereocenters. The maximum absolute atomic E-state index is 13.0. The van der Waals surface area contributed by atoms with Gasteiger partial charge in [0.1, 0.15) is 0 Å². The van der Waals surface area contributed by atoms with E-state index >= 15 is 0 Å². The van der Waals surface area contributed by atoms with Crippen molar-refractivity contribution in [2.75, 3.05) is 36.4 Å². The largest absolute Gasteiger partial charge is 0.416 e. The minimum absolute atomic E-state index is 0.126. The number of halogens is 3. The van der Waals surface area contributed by atoms with E-state index in [4.69, 9.17) is 0 Å². The molecule has 2 amide bonds. The Labute approximate surface area is 149 Å². The van der Waals surface area contributed by atoms with E-state index in [1.807, 2.05) is 12.1 Å². The molecule has 0 saturated carbocycles. The van der Waals surface area contributed by atoms with Crippen LogP contribution in [0.5, 0.6) is 0 Å². The molecule has 0 aliphatic carbocycles. The van der Waals surface area contributed by atoms with Crippen molar-refractivity contribution < 1.29 is 18.0 Å². The molecule has 0 spiro atoms. The summed E-state index contributed by atoms with van der Waals surface area (Å²) in [6, 6.07) is 7.23. The number of aryl methyl sites for hydroxylation is 1. The molecule has 1 aromatic heterocycles. The smallest absolute Gasteiger partial charge is 0.368 e. The van der Waals surface area contributed by atoms with Crippen molar-refractivity contribution in [2.45, 2.75) is 13.1 Å². The highest BCUT2D eigenvalue weighted by Crippen LogP contribution is 2.33. The lowest BCUT2D eigenvalue weighted by molar-refractivity contribution is -0.138. The lowest BCUT2D eigenvalue weighted by Crippen LogP contribution is -2.50. The van der Waals surface area contributed by atoms with Gasteiger partial charge in [0.25, 0.3) is 0 Å². The number of nitrogens with zero attached hydrogens (tertiary/aromatic N) is 3. The maximum Gasteiger partial charge on any atom is 0.416 e. The number of alkyl halides is 3. The SMILES string of the molecule is Cc1ccc(NC(=O)N2CCN(c3ccncc3)CC2)cc1C(F)(F)F. The summed E-state index contributed by atoms with van der Waals surface area (Å²) in [6.07, 6.45) is -1.02. The number of nitrogens with one attached hydrogen (secondary N) is 1. The van der Waals surface area contributed by atoms with Gasteiger partial charge in [-0.3, -0.25) is 4.98 Å². The highest BCUT2D eigenvalue weighted by atomic mass is 19.4. The Morgan fingerprint density at radius 2 is 1.73 bits per heavy atom. The molecule has 138 valence electrons. The van der Waals surface area contributed by atoms with Crippen LogP contribution in [0.4, 0.5) is 29.3 Å². The van der Waals surface area contributed by atoms with E-state index in [1.54, 1.807) is 17.3 Å². The molecule has 2 heterocycles. The van der Waals surface area contributed by atoms with Crippen LogP contribution in [0.15, 0.2) is 42.7 Å². The topological polar surface area (TPSA) is 48.5 Å². The average Bonchev–Trinajstić information content (AvgIpc) is 2.63. The van der Waals surface area contributed by atoms with Crippen molar-refractivity contribution in [1.82, 2.24) is 9.88 Å². The van der Waals surface area contributed by atoms with Crippen LogP contribution >= 0.6 is 0 Å². The van der Waals surface area contributed by atoms with Crippen LogP contribution in [-0.4, -0.2) is 42.1 Å². The summed E-state index contributed by atoms with van der Waals surface area (Å²) in [4.78, 5) is 20.1. The monoisotopic (exact) mass is 364 g/mol. The third-order valence-corrected chi connectivity index (χ3v) is 4.39. The zero-order valence-corrected chi connectivity index (χ0v) is 14.3. The van der Waals surface area contributed by atoms with E-state index in [0.717, 1.165) is 11.8 Å². The lowest BCUT2D eigenvalue weighted by atomic mass is 10.1. The van der Waals surface area contributed by atoms with E-state index in [1.165, 1.54) is 19.1 Å². The Hall–Kier alpha value is -2.77. The summed E-state index contributed by atoms with van der Waals surface area (Å²) in [5.74, 6) is 0. The number of rotatable bonds is 2. The molecule has 0 atom stereocenters. The first-order valence-corrected chi connectivity index (χ1v) is 8.23. The molecule has 1 aliphatic rings. The Morgan fingerprint density at radius 1 is 1.08 bits per heavy atom. The van der Waals surface area contributed by atoms with Crippen LogP contribution in [0.25, 0.3) is 0 Å². The predicted octanol–water partition coefficient (Wildman–Crippen LogP) is 3.76. The fraction of sp³-hybridized carbons (Fsp3) is 0.333. The Morgan fingerprint density at radius 3 is 2.35 bits per heavy atom. The van der Waals surface area contributed by atoms with Gasteiger partial charge in [0.15, 0.2) is 0 Å². The number of carbonyl (C=O) groups is 1. The fourth-order valence-corrected chi connectivity index (χ4v) is 2.93. The molecular weight excluding hydrogens is 345 g/mol. The molecule has 1 fully saturated rings. The van der Waals surface area contributed by atoms with Crippen molar-refractivity contribution in [2.24, 2.45) is 0 Å². The molecule has 8 heteroatoms. The molecule has 0 radical (unpaired) electrons. The van der Waals surface area contributed by atoms with Crippen LogP contribution in [0, 0.1) is 6.92 Å². The maximum atomic E-state index is 13.0. The first-order valence-electron chi connectivity index (χ1n) is 8.23. The van der Waals surface area contributed by atoms with E-state index < -0.39 is 17.8 Å². The molecule has 1 aliphatic heterocycles. The van der Waals surface area contributed by atoms with Crippen molar-refractivity contribution in [3.05, 3.63) is 53.9 Å². The second-order valence-corrected chi connectivity index (χ2v) is 6.14. The van der Waals surface area contributed by atoms with E-state index in [2.05, 4.69) is 15.2 Å². The van der Waals surface area contributed by atoms with Gasteiger partial charge in [-0.25, -0.2) is 4.79 Å². The zero-order valence-electron chi connectivity index (χ0n) is 14.3. The first kappa shape index (κ1) is 18.0. The highest BCUT2D eigenvalue weighted by molar-refractivity contribution is 5.89. The third kappa shape index (κ3) is 4.07. The van der Waals surface area contributed by atoms with Gasteiger partial charge >= 0.3 is 12.2 Å². The molecule has 2 aromatic rings. The van der Waals surface area contributed by atoms with Crippen molar-refractivity contribution >= 4 is 17.4 Å². The fourth-order valence-electron chi connectivity index (χ4n) is 2.93. The van der Waals surface area contributed by atoms with Gasteiger partial charge in [0, 0.05) is 49.9 Å². The minimum atomic E-state index is -4.44. The zero-order chi connectivity index (χ0) is 18.7. The summed E-state index contributed by atoms with van der Waals surface area (Å²) in [7, 11) is 0. The molecule has 0 bridgehead atoms. The molecule has 1 saturated heterocycles. The molecular formula is C18H19F3N4O. The number of benzene rings is 1. The van der Waals surface area contributed by atoms with Crippen LogP contribution in [-0.2, 0) is 6.18 Å². The standard InChI is InChI=1S/C18H19F3N4O/c1-13-2-3-14(12-16(13)18(19,20)21)23-17(26)25-10-8-24(9-11-25)15-4-6-22-7-5-15/h2-7,12H,8-11H2,1H3,(H,23,26). The van der Waals surface area contributed by atoms with Crippen molar-refractivity contribution in [3.63, 3.8) is 0 Å². The highest BCUT2D eigenvalue weighted by Gasteiger charge is 2.32.